The van der Waals surface area contributed by atoms with Crippen LogP contribution in [0.25, 0.3) is 0 Å². The van der Waals surface area contributed by atoms with Gasteiger partial charge in [-0.05, 0) is 31.5 Å². The van der Waals surface area contributed by atoms with Gasteiger partial charge >= 0.3 is 0 Å². The number of hydrogen-bond donors (Lipinski definition) is 0. The van der Waals surface area contributed by atoms with E-state index in [1.165, 1.54) is 16.8 Å². The van der Waals surface area contributed by atoms with E-state index < -0.39 is 14.9 Å². The third-order valence-electron chi connectivity index (χ3n) is 2.88. The Kier molecular flexibility index (Phi) is 4.09. The molecule has 0 aliphatic heterocycles. The zero-order chi connectivity index (χ0) is 15.1. The Hall–Kier alpha value is -1.11. The zero-order valence-electron chi connectivity index (χ0n) is 10.7. The van der Waals surface area contributed by atoms with E-state index in [2.05, 4.69) is 5.10 Å². The summed E-state index contributed by atoms with van der Waals surface area (Å²) in [6, 6.07) is 4.38. The smallest absolute Gasteiger partial charge is 0.264 e. The van der Waals surface area contributed by atoms with Crippen LogP contribution in [-0.2, 0) is 15.6 Å². The Labute approximate surface area is 125 Å². The van der Waals surface area contributed by atoms with Gasteiger partial charge < -0.3 is 0 Å². The van der Waals surface area contributed by atoms with E-state index in [0.717, 1.165) is 0 Å². The van der Waals surface area contributed by atoms with Gasteiger partial charge in [-0.15, -0.1) is 0 Å². The lowest BCUT2D eigenvalue weighted by Gasteiger charge is -2.06. The largest absolute Gasteiger partial charge is 0.264 e. The molecule has 0 saturated heterocycles. The maximum absolute atomic E-state index is 13.4. The highest BCUT2D eigenvalue weighted by Gasteiger charge is 2.22. The summed E-state index contributed by atoms with van der Waals surface area (Å²) in [6.07, 6.45) is 0. The van der Waals surface area contributed by atoms with Crippen LogP contribution in [0.3, 0.4) is 0 Å². The number of aryl methyl sites for hydroxylation is 1. The maximum Gasteiger partial charge on any atom is 0.264 e. The summed E-state index contributed by atoms with van der Waals surface area (Å²) >= 11 is 5.61. The summed E-state index contributed by atoms with van der Waals surface area (Å²) in [7, 11) is 1.52. The highest BCUT2D eigenvalue weighted by Crippen LogP contribution is 2.24. The molecular weight excluding hydrogens is 326 g/mol. The summed E-state index contributed by atoms with van der Waals surface area (Å²) in [5.74, 6) is -0.532. The van der Waals surface area contributed by atoms with Crippen LogP contribution in [-0.4, -0.2) is 18.2 Å². The van der Waals surface area contributed by atoms with E-state index >= 15 is 0 Å². The van der Waals surface area contributed by atoms with E-state index in [9.17, 15) is 12.8 Å². The van der Waals surface area contributed by atoms with Gasteiger partial charge in [0, 0.05) is 10.7 Å². The van der Waals surface area contributed by atoms with Crippen LogP contribution in [0.2, 0.25) is 5.02 Å². The van der Waals surface area contributed by atoms with Gasteiger partial charge in [-0.2, -0.15) is 5.10 Å². The van der Waals surface area contributed by atoms with Gasteiger partial charge in [0.2, 0.25) is 0 Å². The van der Waals surface area contributed by atoms with Gasteiger partial charge in [0.1, 0.15) is 10.7 Å². The first-order valence-corrected chi connectivity index (χ1v) is 8.31. The van der Waals surface area contributed by atoms with Crippen molar-refractivity contribution in [3.05, 3.63) is 46.0 Å². The van der Waals surface area contributed by atoms with Crippen LogP contribution in [0.15, 0.2) is 23.1 Å². The number of halogens is 3. The van der Waals surface area contributed by atoms with E-state index in [0.29, 0.717) is 17.0 Å². The molecule has 1 aromatic carbocycles. The molecule has 8 heteroatoms. The molecule has 0 bridgehead atoms. The molecule has 1 heterocycles. The first-order chi connectivity index (χ1) is 9.20. The number of aromatic nitrogens is 2. The standard InChI is InChI=1S/C12H11Cl2FN2O2S/c1-7-12(20(14,18)19)8(2)17(16-7)6-9-3-4-10(13)11(15)5-9/h3-5H,6H2,1-2H3. The summed E-state index contributed by atoms with van der Waals surface area (Å²) < 4.78 is 37.8. The molecule has 2 aromatic rings. The van der Waals surface area contributed by atoms with Crippen LogP contribution in [0.4, 0.5) is 4.39 Å². The summed E-state index contributed by atoms with van der Waals surface area (Å²) in [6.45, 7) is 3.38. The average Bonchev–Trinajstić information content (AvgIpc) is 2.58. The highest BCUT2D eigenvalue weighted by molar-refractivity contribution is 8.13. The minimum absolute atomic E-state index is 0.00592. The van der Waals surface area contributed by atoms with Gasteiger partial charge in [-0.1, -0.05) is 17.7 Å². The van der Waals surface area contributed by atoms with Crippen LogP contribution >= 0.6 is 22.3 Å². The molecule has 2 rings (SSSR count). The SMILES string of the molecule is Cc1nn(Cc2ccc(Cl)c(F)c2)c(C)c1S(=O)(=O)Cl. The van der Waals surface area contributed by atoms with Gasteiger partial charge in [0.25, 0.3) is 9.05 Å². The van der Waals surface area contributed by atoms with Gasteiger partial charge in [0.05, 0.1) is 23.0 Å². The zero-order valence-corrected chi connectivity index (χ0v) is 13.0. The second kappa shape index (κ2) is 5.35. The highest BCUT2D eigenvalue weighted by atomic mass is 35.7. The van der Waals surface area contributed by atoms with Crippen molar-refractivity contribution in [2.45, 2.75) is 25.3 Å². The third-order valence-corrected chi connectivity index (χ3v) is 4.72. The van der Waals surface area contributed by atoms with Gasteiger partial charge in [-0.25, -0.2) is 12.8 Å². The Morgan fingerprint density at radius 1 is 1.35 bits per heavy atom. The fraction of sp³-hybridized carbons (Fsp3) is 0.250. The molecule has 0 fully saturated rings. The Bertz CT molecular complexity index is 772. The van der Waals surface area contributed by atoms with Crippen molar-refractivity contribution in [3.8, 4) is 0 Å². The molecule has 0 saturated carbocycles. The number of rotatable bonds is 3. The minimum atomic E-state index is -3.86. The summed E-state index contributed by atoms with van der Waals surface area (Å²) in [5.41, 5.74) is 1.34. The first kappa shape index (κ1) is 15.3. The van der Waals surface area contributed by atoms with Crippen molar-refractivity contribution in [1.29, 1.82) is 0 Å². The Morgan fingerprint density at radius 2 is 2.00 bits per heavy atom. The molecule has 0 aliphatic carbocycles. The molecule has 4 nitrogen and oxygen atoms in total. The molecule has 0 spiro atoms. The predicted molar refractivity (Wildman–Crippen MR) is 75.3 cm³/mol. The normalized spacial score (nSPS) is 11.8. The van der Waals surface area contributed by atoms with Crippen LogP contribution < -0.4 is 0 Å². The number of nitrogens with zero attached hydrogens (tertiary/aromatic N) is 2. The molecule has 0 radical (unpaired) electrons. The second-order valence-corrected chi connectivity index (χ2v) is 7.25. The number of hydrogen-bond acceptors (Lipinski definition) is 3. The molecule has 0 atom stereocenters. The van der Waals surface area contributed by atoms with Crippen molar-refractivity contribution in [3.63, 3.8) is 0 Å². The van der Waals surface area contributed by atoms with Crippen LogP contribution in [0, 0.1) is 19.7 Å². The van der Waals surface area contributed by atoms with Crippen molar-refractivity contribution in [2.75, 3.05) is 0 Å². The van der Waals surface area contributed by atoms with Crippen LogP contribution in [0.1, 0.15) is 17.0 Å². The van der Waals surface area contributed by atoms with Crippen molar-refractivity contribution in [2.24, 2.45) is 0 Å². The van der Waals surface area contributed by atoms with E-state index in [4.69, 9.17) is 22.3 Å². The van der Waals surface area contributed by atoms with Crippen molar-refractivity contribution >= 4 is 31.3 Å². The number of benzene rings is 1. The summed E-state index contributed by atoms with van der Waals surface area (Å²) in [4.78, 5) is -0.00592. The lowest BCUT2D eigenvalue weighted by Crippen LogP contribution is -2.05. The monoisotopic (exact) mass is 336 g/mol. The predicted octanol–water partition coefficient (Wildman–Crippen LogP) is 3.27. The van der Waals surface area contributed by atoms with Crippen LogP contribution in [0.5, 0.6) is 0 Å². The molecule has 0 N–H and O–H groups in total. The maximum atomic E-state index is 13.4. The van der Waals surface area contributed by atoms with E-state index in [1.54, 1.807) is 19.9 Å². The Balaban J connectivity index is 2.43. The molecule has 0 amide bonds. The van der Waals surface area contributed by atoms with E-state index in [-0.39, 0.29) is 16.5 Å². The molecule has 0 aliphatic rings. The molecule has 1 aromatic heterocycles. The average molecular weight is 337 g/mol. The third kappa shape index (κ3) is 2.97. The quantitative estimate of drug-likeness (QED) is 0.808. The minimum Gasteiger partial charge on any atom is -0.264 e. The van der Waals surface area contributed by atoms with Crippen molar-refractivity contribution in [1.82, 2.24) is 9.78 Å². The van der Waals surface area contributed by atoms with Crippen molar-refractivity contribution < 1.29 is 12.8 Å². The fourth-order valence-corrected chi connectivity index (χ4v) is 3.64. The molecule has 0 unspecified atom stereocenters. The van der Waals surface area contributed by atoms with Gasteiger partial charge in [-0.3, -0.25) is 4.68 Å². The Morgan fingerprint density at radius 3 is 2.50 bits per heavy atom. The topological polar surface area (TPSA) is 52.0 Å². The molecule has 108 valence electrons. The lowest BCUT2D eigenvalue weighted by atomic mass is 10.2. The molecular formula is C12H11Cl2FN2O2S. The summed E-state index contributed by atoms with van der Waals surface area (Å²) in [5, 5.41) is 4.16. The fourth-order valence-electron chi connectivity index (χ4n) is 2.00. The van der Waals surface area contributed by atoms with Gasteiger partial charge in [0.15, 0.2) is 0 Å². The van der Waals surface area contributed by atoms with E-state index in [1.807, 2.05) is 0 Å². The first-order valence-electron chi connectivity index (χ1n) is 5.62. The lowest BCUT2D eigenvalue weighted by molar-refractivity contribution is 0.606. The second-order valence-electron chi connectivity index (χ2n) is 4.34. The molecule has 20 heavy (non-hydrogen) atoms.